The number of esters is 2. The van der Waals surface area contributed by atoms with Crippen molar-refractivity contribution in [2.45, 2.75) is 145 Å². The van der Waals surface area contributed by atoms with Gasteiger partial charge in [0.2, 0.25) is 5.91 Å². The highest BCUT2D eigenvalue weighted by atomic mass is 35.5. The Morgan fingerprint density at radius 3 is 1.19 bits per heavy atom. The number of nitriles is 1. The van der Waals surface area contributed by atoms with Gasteiger partial charge in [-0.1, -0.05) is 69.7 Å². The standard InChI is InChI=1S/C17H17ClFN.C17H15FN2O2.C17H18FN.C16H16ClFN2.C16H15FN2O.C15H14FNO2/c1-17(8-2-3-9-17)13-10-15(20-16(18)11-13)12-4-6-14(19)7-5-12;1-17(8-9-19,16(21)22-2)13-7-10-20-15(11-13)12-3-5-14(18)6-4-12;1-17(9-2-3-10-17)14-8-11-19-16(12-14)13-4-6-15(18)7-5-13;1-16(6-7-19-10-16)12-8-14(20-15(17)9-12)11-2-4-13(18)5-3-11;1-16(7-9-19-15(16)20)12-6-8-18-14(10-12)11-2-4-13(17)5-3-11;1-10(15(18)19-2)12-7-8-17-14(9-12)11-3-5-13(16)6-4-11/h4-7,10-11H,2-3,8-9H2,1H3;3-7,10-11H,8H2,1-2H3;4-8,11-12H,2-3,9-10H2,1H3;2-5,8-9,19H,6-7,10H2,1H3;2-6,8,10H,7,9H2,1H3,(H,19,20);3-10H,1-2H3. The molecule has 4 fully saturated rings. The number of methoxy groups -OCH3 is 2. The molecule has 1 amide bonds. The lowest BCUT2D eigenvalue weighted by atomic mass is 9.80. The lowest BCUT2D eigenvalue weighted by molar-refractivity contribution is -0.146. The van der Waals surface area contributed by atoms with Crippen molar-refractivity contribution in [2.75, 3.05) is 33.9 Å². The minimum Gasteiger partial charge on any atom is -0.469 e. The molecule has 16 rings (SSSR count). The number of halogens is 8. The maximum Gasteiger partial charge on any atom is 0.317 e. The summed E-state index contributed by atoms with van der Waals surface area (Å²) in [5.41, 5.74) is 14.9. The van der Waals surface area contributed by atoms with Crippen molar-refractivity contribution in [3.05, 3.63) is 322 Å². The van der Waals surface area contributed by atoms with Gasteiger partial charge in [-0.3, -0.25) is 34.3 Å². The van der Waals surface area contributed by atoms with Gasteiger partial charge in [-0.25, -0.2) is 36.3 Å². The molecule has 0 radical (unpaired) electrons. The summed E-state index contributed by atoms with van der Waals surface area (Å²) in [7, 11) is 2.65. The van der Waals surface area contributed by atoms with E-state index in [1.54, 1.807) is 123 Å². The number of ether oxygens (including phenoxy) is 2. The van der Waals surface area contributed by atoms with Crippen LogP contribution in [0.15, 0.2) is 243 Å². The van der Waals surface area contributed by atoms with Gasteiger partial charge in [-0.15, -0.1) is 0 Å². The van der Waals surface area contributed by atoms with Crippen LogP contribution in [0.1, 0.15) is 151 Å². The predicted octanol–water partition coefficient (Wildman–Crippen LogP) is 22.9. The van der Waals surface area contributed by atoms with Crippen molar-refractivity contribution < 1.29 is 50.2 Å². The van der Waals surface area contributed by atoms with Crippen molar-refractivity contribution in [2.24, 2.45) is 0 Å². The molecule has 0 bridgehead atoms. The van der Waals surface area contributed by atoms with Crippen molar-refractivity contribution >= 4 is 41.0 Å². The van der Waals surface area contributed by atoms with Crippen LogP contribution in [0.25, 0.3) is 67.5 Å². The Labute approximate surface area is 707 Å². The zero-order chi connectivity index (χ0) is 85.8. The second-order valence-electron chi connectivity index (χ2n) is 31.7. The SMILES string of the molecule is CC1(c2cc(Cl)nc(-c3ccc(F)cc3)c2)CCCC1.CC1(c2cc(Cl)nc(-c3ccc(F)cc3)c2)CCNC1.CC1(c2ccnc(-c3ccc(F)cc3)c2)CCCC1.CC1(c2ccnc(-c3ccc(F)cc3)c2)CCNC1=O.COC(=O)C(C)(CC#N)c1ccnc(-c2ccc(F)cc2)c1.COC(=O)C(C)c1ccnc(-c2ccc(F)cc2)c1. The molecule has 2 aliphatic carbocycles. The molecule has 2 N–H and O–H groups in total. The third-order valence-electron chi connectivity index (χ3n) is 23.2. The van der Waals surface area contributed by atoms with Crippen molar-refractivity contribution in [1.29, 1.82) is 5.26 Å². The molecular weight excluding hydrogens is 1570 g/mol. The third-order valence-corrected chi connectivity index (χ3v) is 23.6. The summed E-state index contributed by atoms with van der Waals surface area (Å²) in [4.78, 5) is 61.5. The molecule has 22 heteroatoms. The molecule has 6 aromatic carbocycles. The number of pyridine rings is 6. The van der Waals surface area contributed by atoms with E-state index in [2.05, 4.69) is 85.6 Å². The van der Waals surface area contributed by atoms with Crippen LogP contribution in [-0.2, 0) is 50.9 Å². The number of aromatic nitrogens is 6. The second kappa shape index (κ2) is 40.3. The number of carbonyl (C=O) groups is 3. The van der Waals surface area contributed by atoms with Gasteiger partial charge in [0.05, 0.1) is 72.2 Å². The van der Waals surface area contributed by atoms with E-state index in [9.17, 15) is 40.7 Å². The number of nitrogens with zero attached hydrogens (tertiary/aromatic N) is 7. The number of benzene rings is 6. The van der Waals surface area contributed by atoms with E-state index in [-0.39, 0.29) is 75.4 Å². The molecule has 2 saturated heterocycles. The fourth-order valence-corrected chi connectivity index (χ4v) is 15.8. The molecule has 2 saturated carbocycles. The van der Waals surface area contributed by atoms with Crippen LogP contribution in [0.5, 0.6) is 0 Å². The molecule has 6 aromatic heterocycles. The number of amides is 1. The zero-order valence-corrected chi connectivity index (χ0v) is 69.8. The van der Waals surface area contributed by atoms with Gasteiger partial charge in [0.25, 0.3) is 0 Å². The van der Waals surface area contributed by atoms with Crippen LogP contribution >= 0.6 is 23.2 Å². The first-order valence-corrected chi connectivity index (χ1v) is 40.6. The fourth-order valence-electron chi connectivity index (χ4n) is 15.4. The van der Waals surface area contributed by atoms with E-state index >= 15 is 0 Å². The minimum atomic E-state index is -1.07. The Morgan fingerprint density at radius 1 is 0.450 bits per heavy atom. The molecule has 4 aliphatic rings. The Morgan fingerprint density at radius 2 is 0.808 bits per heavy atom. The van der Waals surface area contributed by atoms with Gasteiger partial charge >= 0.3 is 11.9 Å². The first-order chi connectivity index (χ1) is 57.5. The van der Waals surface area contributed by atoms with Gasteiger partial charge in [0.15, 0.2) is 0 Å². The van der Waals surface area contributed by atoms with E-state index in [1.807, 2.05) is 49.5 Å². The average molecular weight is 1660 g/mol. The molecular formula is C98H95Cl2F6N9O5. The van der Waals surface area contributed by atoms with Crippen LogP contribution in [0.2, 0.25) is 10.3 Å². The quantitative estimate of drug-likeness (QED) is 0.0560. The summed E-state index contributed by atoms with van der Waals surface area (Å²) in [6, 6.07) is 62.6. The third kappa shape index (κ3) is 22.6. The molecule has 4 atom stereocenters. The second-order valence-corrected chi connectivity index (χ2v) is 32.5. The molecule has 2 aliphatic heterocycles. The molecule has 120 heavy (non-hydrogen) atoms. The zero-order valence-electron chi connectivity index (χ0n) is 68.3. The van der Waals surface area contributed by atoms with E-state index in [4.69, 9.17) is 37.9 Å². The van der Waals surface area contributed by atoms with Gasteiger partial charge in [0, 0.05) is 76.7 Å². The van der Waals surface area contributed by atoms with E-state index < -0.39 is 16.8 Å². The first-order valence-electron chi connectivity index (χ1n) is 39.8. The fraction of sp³-hybridized carbons (Fsp3) is 0.286. The number of hydrogen-bond acceptors (Lipinski definition) is 13. The minimum absolute atomic E-state index is 0.00740. The van der Waals surface area contributed by atoms with Crippen molar-refractivity contribution in [3.8, 4) is 73.6 Å². The molecule has 8 heterocycles. The Kier molecular flexibility index (Phi) is 29.9. The number of rotatable bonds is 15. The van der Waals surface area contributed by atoms with Gasteiger partial charge in [-0.05, 0) is 328 Å². The monoisotopic (exact) mass is 1660 g/mol. The maximum absolute atomic E-state index is 13.0. The molecule has 0 spiro atoms. The van der Waals surface area contributed by atoms with Crippen LogP contribution in [-0.4, -0.2) is 81.6 Å². The molecule has 618 valence electrons. The van der Waals surface area contributed by atoms with Crippen molar-refractivity contribution in [3.63, 3.8) is 0 Å². The highest BCUT2D eigenvalue weighted by Crippen LogP contribution is 2.44. The smallest absolute Gasteiger partial charge is 0.317 e. The number of hydrogen-bond donors (Lipinski definition) is 2. The predicted molar refractivity (Wildman–Crippen MR) is 459 cm³/mol. The summed E-state index contributed by atoms with van der Waals surface area (Å²) in [6.45, 7) is 14.9. The van der Waals surface area contributed by atoms with Crippen LogP contribution < -0.4 is 10.6 Å². The Balaban J connectivity index is 0.000000141. The summed E-state index contributed by atoms with van der Waals surface area (Å²) < 4.78 is 87.4. The number of nitrogens with one attached hydrogen (secondary N) is 2. The lowest BCUT2D eigenvalue weighted by Gasteiger charge is -2.24. The Bertz CT molecular complexity index is 5420. The number of carbonyl (C=O) groups excluding carboxylic acids is 3. The highest BCUT2D eigenvalue weighted by molar-refractivity contribution is 6.30. The molecule has 12 aromatic rings. The normalized spacial score (nSPS) is 17.3. The summed E-state index contributed by atoms with van der Waals surface area (Å²) in [5, 5.41) is 16.3. The van der Waals surface area contributed by atoms with Gasteiger partial charge in [-0.2, -0.15) is 5.26 Å². The van der Waals surface area contributed by atoms with E-state index in [0.29, 0.717) is 33.8 Å². The van der Waals surface area contributed by atoms with Crippen LogP contribution in [0.3, 0.4) is 0 Å². The summed E-state index contributed by atoms with van der Waals surface area (Å²) in [6.07, 6.45) is 18.6. The Hall–Kier alpha value is -11.8. The van der Waals surface area contributed by atoms with Gasteiger partial charge < -0.3 is 20.1 Å². The molecule has 4 unspecified atom stereocenters. The van der Waals surface area contributed by atoms with Gasteiger partial charge in [0.1, 0.15) is 50.6 Å². The van der Waals surface area contributed by atoms with Crippen molar-refractivity contribution in [1.82, 2.24) is 40.5 Å². The molecule has 14 nitrogen and oxygen atoms in total. The van der Waals surface area contributed by atoms with E-state index in [0.717, 1.165) is 93.2 Å². The van der Waals surface area contributed by atoms with Crippen LogP contribution in [0, 0.1) is 46.2 Å². The lowest BCUT2D eigenvalue weighted by Crippen LogP contribution is -2.33. The maximum atomic E-state index is 13.0. The largest absolute Gasteiger partial charge is 0.469 e. The average Bonchev–Trinajstić information content (AvgIpc) is 1.71. The summed E-state index contributed by atoms with van der Waals surface area (Å²) >= 11 is 12.4. The topological polar surface area (TPSA) is 195 Å². The summed E-state index contributed by atoms with van der Waals surface area (Å²) in [5.74, 6) is -2.66. The first kappa shape index (κ1) is 89.0. The van der Waals surface area contributed by atoms with E-state index in [1.165, 1.54) is 155 Å². The highest BCUT2D eigenvalue weighted by Gasteiger charge is 2.40. The van der Waals surface area contributed by atoms with Crippen LogP contribution in [0.4, 0.5) is 26.3 Å².